The Morgan fingerprint density at radius 2 is 1.83 bits per heavy atom. The molecule has 1 rings (SSSR count). The highest BCUT2D eigenvalue weighted by Crippen LogP contribution is 2.19. The van der Waals surface area contributed by atoms with Crippen molar-refractivity contribution in [2.75, 3.05) is 22.8 Å². The molecule has 1 atom stereocenters. The molecule has 0 bridgehead atoms. The highest BCUT2D eigenvalue weighted by molar-refractivity contribution is 7.90. The second-order valence-electron chi connectivity index (χ2n) is 4.38. The molecule has 102 valence electrons. The zero-order chi connectivity index (χ0) is 13.9. The Hall–Kier alpha value is -1.41. The van der Waals surface area contributed by atoms with Crippen molar-refractivity contribution in [3.63, 3.8) is 0 Å². The first-order valence-electron chi connectivity index (χ1n) is 5.49. The van der Waals surface area contributed by atoms with Gasteiger partial charge in [-0.05, 0) is 20.8 Å². The SMILES string of the molecule is Cc1nc(NN)c(C)c(NC(C)CS(C)(=O)=O)n1. The number of hydrogen-bond acceptors (Lipinski definition) is 7. The highest BCUT2D eigenvalue weighted by Gasteiger charge is 2.14. The Bertz CT molecular complexity index is 529. The van der Waals surface area contributed by atoms with Crippen LogP contribution in [0.15, 0.2) is 0 Å². The van der Waals surface area contributed by atoms with Gasteiger partial charge in [-0.1, -0.05) is 0 Å². The van der Waals surface area contributed by atoms with E-state index in [2.05, 4.69) is 20.7 Å². The van der Waals surface area contributed by atoms with Crippen LogP contribution in [-0.2, 0) is 9.84 Å². The zero-order valence-corrected chi connectivity index (χ0v) is 11.8. The summed E-state index contributed by atoms with van der Waals surface area (Å²) >= 11 is 0. The van der Waals surface area contributed by atoms with E-state index in [4.69, 9.17) is 5.84 Å². The van der Waals surface area contributed by atoms with Gasteiger partial charge in [0.15, 0.2) is 0 Å². The molecule has 1 unspecified atom stereocenters. The largest absolute Gasteiger partial charge is 0.366 e. The van der Waals surface area contributed by atoms with Crippen LogP contribution in [0.5, 0.6) is 0 Å². The second-order valence-corrected chi connectivity index (χ2v) is 6.56. The lowest BCUT2D eigenvalue weighted by molar-refractivity contribution is 0.598. The highest BCUT2D eigenvalue weighted by atomic mass is 32.2. The standard InChI is InChI=1S/C10H19N5O2S/c1-6(5-18(4,16)17)12-9-7(2)10(15-11)14-8(3)13-9/h6H,5,11H2,1-4H3,(H2,12,13,14,15). The lowest BCUT2D eigenvalue weighted by atomic mass is 10.3. The van der Waals surface area contributed by atoms with E-state index in [0.29, 0.717) is 17.5 Å². The fourth-order valence-corrected chi connectivity index (χ4v) is 2.63. The van der Waals surface area contributed by atoms with Gasteiger partial charge < -0.3 is 10.7 Å². The van der Waals surface area contributed by atoms with Gasteiger partial charge in [0, 0.05) is 17.9 Å². The summed E-state index contributed by atoms with van der Waals surface area (Å²) in [4.78, 5) is 8.37. The molecule has 1 aromatic rings. The zero-order valence-electron chi connectivity index (χ0n) is 11.0. The Labute approximate surface area is 107 Å². The Kier molecular flexibility index (Phi) is 4.47. The van der Waals surface area contributed by atoms with E-state index in [0.717, 1.165) is 5.56 Å². The summed E-state index contributed by atoms with van der Waals surface area (Å²) in [6.07, 6.45) is 1.20. The quantitative estimate of drug-likeness (QED) is 0.520. The minimum atomic E-state index is -3.03. The fraction of sp³-hybridized carbons (Fsp3) is 0.600. The Morgan fingerprint density at radius 3 is 2.33 bits per heavy atom. The number of aryl methyl sites for hydroxylation is 1. The van der Waals surface area contributed by atoms with E-state index >= 15 is 0 Å². The van der Waals surface area contributed by atoms with Crippen LogP contribution in [0.1, 0.15) is 18.3 Å². The average molecular weight is 273 g/mol. The van der Waals surface area contributed by atoms with Gasteiger partial charge in [-0.15, -0.1) is 0 Å². The van der Waals surface area contributed by atoms with Crippen LogP contribution >= 0.6 is 0 Å². The third-order valence-electron chi connectivity index (χ3n) is 2.33. The minimum absolute atomic E-state index is 0.0425. The summed E-state index contributed by atoms with van der Waals surface area (Å²) in [7, 11) is -3.03. The molecule has 7 nitrogen and oxygen atoms in total. The van der Waals surface area contributed by atoms with Crippen LogP contribution in [0.2, 0.25) is 0 Å². The molecule has 0 fully saturated rings. The van der Waals surface area contributed by atoms with Crippen LogP contribution in [0.3, 0.4) is 0 Å². The smallest absolute Gasteiger partial charge is 0.149 e. The van der Waals surface area contributed by atoms with Gasteiger partial charge in [0.05, 0.1) is 5.75 Å². The summed E-state index contributed by atoms with van der Waals surface area (Å²) in [5, 5.41) is 3.06. The van der Waals surface area contributed by atoms with Crippen molar-refractivity contribution < 1.29 is 8.42 Å². The van der Waals surface area contributed by atoms with Gasteiger partial charge in [-0.2, -0.15) is 0 Å². The summed E-state index contributed by atoms with van der Waals surface area (Å²) < 4.78 is 22.4. The predicted octanol–water partition coefficient (Wildman–Crippen LogP) is 0.224. The number of hydrogen-bond donors (Lipinski definition) is 3. The molecule has 0 aromatic carbocycles. The summed E-state index contributed by atoms with van der Waals surface area (Å²) in [5.41, 5.74) is 3.24. The van der Waals surface area contributed by atoms with E-state index < -0.39 is 9.84 Å². The van der Waals surface area contributed by atoms with Crippen molar-refractivity contribution in [1.82, 2.24) is 9.97 Å². The summed E-state index contributed by atoms with van der Waals surface area (Å²) in [6, 6.07) is -0.237. The molecular formula is C10H19N5O2S. The van der Waals surface area contributed by atoms with Crippen LogP contribution in [0.25, 0.3) is 0 Å². The van der Waals surface area contributed by atoms with Crippen LogP contribution in [-0.4, -0.2) is 36.4 Å². The lowest BCUT2D eigenvalue weighted by Gasteiger charge is -2.17. The van der Waals surface area contributed by atoms with Crippen molar-refractivity contribution in [3.05, 3.63) is 11.4 Å². The third-order valence-corrected chi connectivity index (χ3v) is 3.44. The number of nitrogens with two attached hydrogens (primary N) is 1. The number of sulfone groups is 1. The molecule has 1 heterocycles. The Balaban J connectivity index is 2.94. The normalized spacial score (nSPS) is 13.2. The number of hydrazine groups is 1. The molecule has 0 saturated heterocycles. The number of rotatable bonds is 5. The molecule has 0 amide bonds. The predicted molar refractivity (Wildman–Crippen MR) is 72.1 cm³/mol. The van der Waals surface area contributed by atoms with Crippen molar-refractivity contribution in [2.24, 2.45) is 5.84 Å². The van der Waals surface area contributed by atoms with E-state index in [9.17, 15) is 8.42 Å². The molecule has 0 radical (unpaired) electrons. The van der Waals surface area contributed by atoms with E-state index in [1.807, 2.05) is 6.92 Å². The number of nitrogens with one attached hydrogen (secondary N) is 2. The summed E-state index contributed by atoms with van der Waals surface area (Å²) in [5.74, 6) is 7.07. The molecule has 0 aliphatic heterocycles. The first kappa shape index (κ1) is 14.7. The third kappa shape index (κ3) is 4.11. The molecular weight excluding hydrogens is 254 g/mol. The van der Waals surface area contributed by atoms with Crippen molar-refractivity contribution in [1.29, 1.82) is 0 Å². The Morgan fingerprint density at radius 1 is 1.28 bits per heavy atom. The van der Waals surface area contributed by atoms with Crippen LogP contribution in [0, 0.1) is 13.8 Å². The van der Waals surface area contributed by atoms with E-state index in [-0.39, 0.29) is 11.8 Å². The number of nitrogen functional groups attached to an aromatic ring is 1. The second kappa shape index (κ2) is 5.49. The van der Waals surface area contributed by atoms with Gasteiger partial charge in [0.2, 0.25) is 0 Å². The van der Waals surface area contributed by atoms with E-state index in [1.165, 1.54) is 6.26 Å². The van der Waals surface area contributed by atoms with Crippen LogP contribution in [0.4, 0.5) is 11.6 Å². The monoisotopic (exact) mass is 273 g/mol. The molecule has 0 spiro atoms. The maximum absolute atomic E-state index is 11.2. The minimum Gasteiger partial charge on any atom is -0.366 e. The molecule has 8 heteroatoms. The van der Waals surface area contributed by atoms with Crippen LogP contribution < -0.4 is 16.6 Å². The summed E-state index contributed by atoms with van der Waals surface area (Å²) in [6.45, 7) is 5.34. The first-order valence-corrected chi connectivity index (χ1v) is 7.55. The molecule has 0 saturated carbocycles. The van der Waals surface area contributed by atoms with Gasteiger partial charge in [-0.3, -0.25) is 0 Å². The maximum atomic E-state index is 11.2. The van der Waals surface area contributed by atoms with Gasteiger partial charge in [0.1, 0.15) is 27.3 Å². The van der Waals surface area contributed by atoms with Crippen molar-refractivity contribution in [3.8, 4) is 0 Å². The first-order chi connectivity index (χ1) is 8.23. The molecule has 18 heavy (non-hydrogen) atoms. The topological polar surface area (TPSA) is 110 Å². The number of aromatic nitrogens is 2. The fourth-order valence-electron chi connectivity index (χ4n) is 1.64. The molecule has 0 aliphatic carbocycles. The molecule has 0 aliphatic rings. The lowest BCUT2D eigenvalue weighted by Crippen LogP contribution is -2.26. The molecule has 4 N–H and O–H groups in total. The molecule has 1 aromatic heterocycles. The van der Waals surface area contributed by atoms with Gasteiger partial charge in [0.25, 0.3) is 0 Å². The van der Waals surface area contributed by atoms with E-state index in [1.54, 1.807) is 13.8 Å². The number of anilines is 2. The van der Waals surface area contributed by atoms with Gasteiger partial charge in [-0.25, -0.2) is 24.2 Å². The van der Waals surface area contributed by atoms with Gasteiger partial charge >= 0.3 is 0 Å². The maximum Gasteiger partial charge on any atom is 0.149 e. The van der Waals surface area contributed by atoms with Crippen molar-refractivity contribution in [2.45, 2.75) is 26.8 Å². The van der Waals surface area contributed by atoms with Crippen molar-refractivity contribution >= 4 is 21.5 Å². The average Bonchev–Trinajstić information content (AvgIpc) is 2.20. The number of nitrogens with zero attached hydrogens (tertiary/aromatic N) is 2.